The van der Waals surface area contributed by atoms with Gasteiger partial charge in [0.2, 0.25) is 20.0 Å². The lowest BCUT2D eigenvalue weighted by molar-refractivity contribution is 0.581. The predicted octanol–water partition coefficient (Wildman–Crippen LogP) is 0.874. The monoisotopic (exact) mass is 332 g/mol. The van der Waals surface area contributed by atoms with Crippen LogP contribution in [0.5, 0.6) is 0 Å². The Bertz CT molecular complexity index is 795. The zero-order chi connectivity index (χ0) is 14.8. The molecule has 108 valence electrons. The highest BCUT2D eigenvalue weighted by Gasteiger charge is 2.15. The first-order valence-corrected chi connectivity index (χ1v) is 9.30. The average Bonchev–Trinajstić information content (AvgIpc) is 2.86. The van der Waals surface area contributed by atoms with Gasteiger partial charge in [-0.2, -0.15) is 0 Å². The summed E-state index contributed by atoms with van der Waals surface area (Å²) in [6, 6.07) is 10.8. The number of thiophene rings is 1. The molecule has 0 bridgehead atoms. The van der Waals surface area contributed by atoms with Crippen molar-refractivity contribution in [2.24, 2.45) is 5.14 Å². The summed E-state index contributed by atoms with van der Waals surface area (Å²) in [5, 5.41) is 4.99. The topological polar surface area (TPSA) is 106 Å². The molecule has 0 aliphatic rings. The Hall–Kier alpha value is -1.26. The second-order valence-corrected chi connectivity index (χ2v) is 8.63. The normalized spacial score (nSPS) is 12.4. The maximum Gasteiger partial charge on any atom is 0.247 e. The van der Waals surface area contributed by atoms with E-state index in [1.807, 2.05) is 0 Å². The summed E-state index contributed by atoms with van der Waals surface area (Å²) in [4.78, 5) is 0.719. The highest BCUT2D eigenvalue weighted by Crippen LogP contribution is 2.20. The van der Waals surface area contributed by atoms with Crippen LogP contribution in [-0.2, 0) is 26.6 Å². The molecule has 2 rings (SSSR count). The third-order valence-corrected chi connectivity index (χ3v) is 6.35. The smallest absolute Gasteiger partial charge is 0.224 e. The van der Waals surface area contributed by atoms with E-state index in [9.17, 15) is 16.8 Å². The molecule has 0 amide bonds. The van der Waals surface area contributed by atoms with E-state index in [4.69, 9.17) is 5.14 Å². The molecule has 0 fully saturated rings. The Morgan fingerprint density at radius 1 is 1.00 bits per heavy atom. The fourth-order valence-corrected chi connectivity index (χ4v) is 4.29. The Morgan fingerprint density at radius 3 is 2.20 bits per heavy atom. The number of hydrogen-bond donors (Lipinski definition) is 2. The van der Waals surface area contributed by atoms with Crippen molar-refractivity contribution < 1.29 is 16.8 Å². The van der Waals surface area contributed by atoms with Crippen molar-refractivity contribution in [1.29, 1.82) is 0 Å². The third kappa shape index (κ3) is 3.64. The molecule has 0 unspecified atom stereocenters. The van der Waals surface area contributed by atoms with Crippen LogP contribution in [0.2, 0.25) is 0 Å². The van der Waals surface area contributed by atoms with Gasteiger partial charge in [-0.15, -0.1) is 11.3 Å². The highest BCUT2D eigenvalue weighted by molar-refractivity contribution is 7.91. The van der Waals surface area contributed by atoms with Crippen LogP contribution >= 0.6 is 11.3 Å². The number of nitrogens with one attached hydrogen (secondary N) is 1. The number of primary sulfonamides is 1. The van der Waals surface area contributed by atoms with Crippen LogP contribution in [0, 0.1) is 0 Å². The Balaban J connectivity index is 2.11. The van der Waals surface area contributed by atoms with Crippen LogP contribution in [0.1, 0.15) is 4.88 Å². The summed E-state index contributed by atoms with van der Waals surface area (Å²) in [5.74, 6) is 0. The Labute approximate surface area is 121 Å². The van der Waals surface area contributed by atoms with Gasteiger partial charge in [0.15, 0.2) is 0 Å². The molecule has 0 aliphatic heterocycles. The lowest BCUT2D eigenvalue weighted by Gasteiger charge is -2.04. The Morgan fingerprint density at radius 2 is 1.65 bits per heavy atom. The van der Waals surface area contributed by atoms with Crippen LogP contribution < -0.4 is 9.86 Å². The van der Waals surface area contributed by atoms with Gasteiger partial charge < -0.3 is 0 Å². The molecule has 2 aromatic rings. The summed E-state index contributed by atoms with van der Waals surface area (Å²) in [6.07, 6.45) is 0. The Kier molecular flexibility index (Phi) is 4.25. The van der Waals surface area contributed by atoms with Gasteiger partial charge in [0.1, 0.15) is 4.21 Å². The molecule has 0 atom stereocenters. The number of benzene rings is 1. The van der Waals surface area contributed by atoms with Gasteiger partial charge in [-0.25, -0.2) is 26.7 Å². The molecule has 3 N–H and O–H groups in total. The molecule has 0 radical (unpaired) electrons. The quantitative estimate of drug-likeness (QED) is 0.847. The molecule has 1 aromatic carbocycles. The maximum atomic E-state index is 12.0. The van der Waals surface area contributed by atoms with Gasteiger partial charge in [-0.3, -0.25) is 0 Å². The van der Waals surface area contributed by atoms with E-state index in [1.165, 1.54) is 24.3 Å². The zero-order valence-corrected chi connectivity index (χ0v) is 12.6. The first kappa shape index (κ1) is 15.1. The molecule has 0 aliphatic carbocycles. The molecule has 6 nitrogen and oxygen atoms in total. The predicted molar refractivity (Wildman–Crippen MR) is 76.2 cm³/mol. The molecule has 1 heterocycles. The van der Waals surface area contributed by atoms with Crippen molar-refractivity contribution in [3.05, 3.63) is 47.3 Å². The fourth-order valence-electron chi connectivity index (χ4n) is 1.46. The molecular weight excluding hydrogens is 320 g/mol. The lowest BCUT2D eigenvalue weighted by atomic mass is 10.4. The standard InChI is InChI=1S/C11H12N2O4S3/c12-19(14,15)11-7-6-9(18-11)8-13-20(16,17)10-4-2-1-3-5-10/h1-7,13H,8H2,(H2,12,14,15). The van der Waals surface area contributed by atoms with Crippen molar-refractivity contribution in [3.63, 3.8) is 0 Å². The van der Waals surface area contributed by atoms with Gasteiger partial charge in [0, 0.05) is 11.4 Å². The number of rotatable bonds is 5. The van der Waals surface area contributed by atoms with Crippen molar-refractivity contribution in [2.75, 3.05) is 0 Å². The highest BCUT2D eigenvalue weighted by atomic mass is 32.2. The van der Waals surface area contributed by atoms with Gasteiger partial charge in [0.05, 0.1) is 4.90 Å². The first-order valence-electron chi connectivity index (χ1n) is 5.45. The molecule has 1 aromatic heterocycles. The fraction of sp³-hybridized carbons (Fsp3) is 0.0909. The van der Waals surface area contributed by atoms with Crippen LogP contribution in [0.3, 0.4) is 0 Å². The van der Waals surface area contributed by atoms with Gasteiger partial charge in [-0.1, -0.05) is 18.2 Å². The molecule has 20 heavy (non-hydrogen) atoms. The van der Waals surface area contributed by atoms with Gasteiger partial charge >= 0.3 is 0 Å². The minimum atomic E-state index is -3.75. The van der Waals surface area contributed by atoms with E-state index in [0.717, 1.165) is 11.3 Å². The summed E-state index contributed by atoms with van der Waals surface area (Å²) < 4.78 is 48.6. The van der Waals surface area contributed by atoms with E-state index >= 15 is 0 Å². The summed E-state index contributed by atoms with van der Waals surface area (Å²) in [6.45, 7) is 0.0113. The number of hydrogen-bond acceptors (Lipinski definition) is 5. The van der Waals surface area contributed by atoms with Crippen LogP contribution in [0.15, 0.2) is 51.6 Å². The molecular formula is C11H12N2O4S3. The van der Waals surface area contributed by atoms with Crippen molar-refractivity contribution >= 4 is 31.4 Å². The minimum absolute atomic E-state index is 0.00593. The lowest BCUT2D eigenvalue weighted by Crippen LogP contribution is -2.22. The average molecular weight is 332 g/mol. The van der Waals surface area contributed by atoms with E-state index in [0.29, 0.717) is 4.88 Å². The maximum absolute atomic E-state index is 12.0. The van der Waals surface area contributed by atoms with Crippen molar-refractivity contribution in [3.8, 4) is 0 Å². The summed E-state index contributed by atoms with van der Waals surface area (Å²) >= 11 is 0.936. The third-order valence-electron chi connectivity index (χ3n) is 2.41. The van der Waals surface area contributed by atoms with E-state index in [1.54, 1.807) is 18.2 Å². The van der Waals surface area contributed by atoms with Crippen LogP contribution in [-0.4, -0.2) is 16.8 Å². The van der Waals surface area contributed by atoms with Crippen molar-refractivity contribution in [1.82, 2.24) is 4.72 Å². The first-order chi connectivity index (χ1) is 9.29. The van der Waals surface area contributed by atoms with Crippen LogP contribution in [0.4, 0.5) is 0 Å². The second kappa shape index (κ2) is 5.62. The largest absolute Gasteiger partial charge is 0.247 e. The van der Waals surface area contributed by atoms with Gasteiger partial charge in [0.25, 0.3) is 0 Å². The number of sulfonamides is 2. The molecule has 9 heteroatoms. The van der Waals surface area contributed by atoms with Crippen LogP contribution in [0.25, 0.3) is 0 Å². The zero-order valence-electron chi connectivity index (χ0n) is 10.2. The van der Waals surface area contributed by atoms with E-state index < -0.39 is 20.0 Å². The second-order valence-electron chi connectivity index (χ2n) is 3.90. The molecule has 0 spiro atoms. The van der Waals surface area contributed by atoms with E-state index in [-0.39, 0.29) is 15.6 Å². The molecule has 0 saturated heterocycles. The SMILES string of the molecule is NS(=O)(=O)c1ccc(CNS(=O)(=O)c2ccccc2)s1. The summed E-state index contributed by atoms with van der Waals surface area (Å²) in [5.41, 5.74) is 0. The number of nitrogens with two attached hydrogens (primary N) is 1. The molecule has 0 saturated carbocycles. The van der Waals surface area contributed by atoms with Gasteiger partial charge in [-0.05, 0) is 24.3 Å². The summed E-state index contributed by atoms with van der Waals surface area (Å²) in [7, 11) is -7.36. The van der Waals surface area contributed by atoms with E-state index in [2.05, 4.69) is 4.72 Å². The minimum Gasteiger partial charge on any atom is -0.224 e. The van der Waals surface area contributed by atoms with Crippen molar-refractivity contribution in [2.45, 2.75) is 15.6 Å².